The molecule has 0 aromatic heterocycles. The molecule has 0 saturated heterocycles. The van der Waals surface area contributed by atoms with E-state index in [1.807, 2.05) is 31.2 Å². The van der Waals surface area contributed by atoms with Crippen LogP contribution < -0.4 is 21.2 Å². The monoisotopic (exact) mass is 468 g/mol. The molecule has 4 aromatic rings. The Morgan fingerprint density at radius 1 is 0.606 bits per heavy atom. The molecule has 164 valence electrons. The topological polar surface area (TPSA) is 37.3 Å². The van der Waals surface area contributed by atoms with Gasteiger partial charge in [-0.15, -0.1) is 0 Å². The van der Waals surface area contributed by atoms with Crippen molar-refractivity contribution in [1.82, 2.24) is 0 Å². The number of carboxylic acid groups (broad SMARTS) is 1. The summed E-state index contributed by atoms with van der Waals surface area (Å²) in [7, 11) is -1.88. The summed E-state index contributed by atoms with van der Waals surface area (Å²) in [4.78, 5) is 12.5. The summed E-state index contributed by atoms with van der Waals surface area (Å²) < 4.78 is 0. The summed E-state index contributed by atoms with van der Waals surface area (Å²) >= 11 is 0. The van der Waals surface area contributed by atoms with Crippen molar-refractivity contribution in [2.45, 2.75) is 18.2 Å². The molecule has 2 nitrogen and oxygen atoms in total. The van der Waals surface area contributed by atoms with Crippen LogP contribution in [0.15, 0.2) is 121 Å². The van der Waals surface area contributed by atoms with E-state index in [2.05, 4.69) is 97.1 Å². The molecule has 0 radical (unpaired) electrons. The molecule has 1 saturated carbocycles. The van der Waals surface area contributed by atoms with Gasteiger partial charge in [0, 0.05) is 4.90 Å². The highest BCUT2D eigenvalue weighted by molar-refractivity contribution is 7.91. The van der Waals surface area contributed by atoms with Gasteiger partial charge in [0.2, 0.25) is 0 Å². The van der Waals surface area contributed by atoms with Gasteiger partial charge in [-0.3, -0.25) is 4.79 Å². The first-order valence-electron chi connectivity index (χ1n) is 11.1. The van der Waals surface area contributed by atoms with Crippen molar-refractivity contribution in [3.05, 3.63) is 121 Å². The SMILES string of the molecule is CC1(C(=O)O)CC1(P(c1ccccc1)c1ccccc1)P(c1ccccc1)c1ccccc1. The van der Waals surface area contributed by atoms with E-state index in [1.165, 1.54) is 21.2 Å². The van der Waals surface area contributed by atoms with Crippen LogP contribution in [0.1, 0.15) is 13.3 Å². The molecule has 5 rings (SSSR count). The van der Waals surface area contributed by atoms with Gasteiger partial charge in [0.25, 0.3) is 0 Å². The minimum atomic E-state index is -0.942. The molecule has 0 amide bonds. The van der Waals surface area contributed by atoms with E-state index >= 15 is 0 Å². The number of rotatable bonds is 7. The third kappa shape index (κ3) is 3.72. The van der Waals surface area contributed by atoms with Crippen molar-refractivity contribution in [3.63, 3.8) is 0 Å². The Morgan fingerprint density at radius 3 is 1.09 bits per heavy atom. The number of aliphatic carboxylic acids is 1. The van der Waals surface area contributed by atoms with Crippen LogP contribution in [0, 0.1) is 5.41 Å². The summed E-state index contributed by atoms with van der Waals surface area (Å²) in [6.45, 7) is 1.97. The molecule has 1 aliphatic carbocycles. The van der Waals surface area contributed by atoms with Crippen LogP contribution in [0.25, 0.3) is 0 Å². The quantitative estimate of drug-likeness (QED) is 0.367. The van der Waals surface area contributed by atoms with Crippen molar-refractivity contribution in [3.8, 4) is 0 Å². The highest BCUT2D eigenvalue weighted by Crippen LogP contribution is 2.85. The van der Waals surface area contributed by atoms with Crippen molar-refractivity contribution < 1.29 is 9.90 Å². The fourth-order valence-electron chi connectivity index (χ4n) is 4.91. The minimum absolute atomic E-state index is 0.394. The third-order valence-electron chi connectivity index (χ3n) is 6.63. The molecule has 4 aromatic carbocycles. The van der Waals surface area contributed by atoms with E-state index in [1.54, 1.807) is 0 Å². The second-order valence-corrected chi connectivity index (χ2v) is 13.9. The maximum Gasteiger partial charge on any atom is 0.310 e. The number of carboxylic acids is 1. The average molecular weight is 468 g/mol. The lowest BCUT2D eigenvalue weighted by atomic mass is 10.1. The normalized spacial score (nSPS) is 18.9. The van der Waals surface area contributed by atoms with Gasteiger partial charge < -0.3 is 5.11 Å². The Kier molecular flexibility index (Phi) is 5.92. The highest BCUT2D eigenvalue weighted by atomic mass is 31.2. The maximum absolute atomic E-state index is 12.9. The molecule has 0 spiro atoms. The largest absolute Gasteiger partial charge is 0.481 e. The molecule has 0 aliphatic heterocycles. The lowest BCUT2D eigenvalue weighted by Gasteiger charge is -2.39. The van der Waals surface area contributed by atoms with Gasteiger partial charge in [0.15, 0.2) is 0 Å². The Labute approximate surface area is 197 Å². The molecule has 1 unspecified atom stereocenters. The Balaban J connectivity index is 1.82. The van der Waals surface area contributed by atoms with Gasteiger partial charge in [-0.25, -0.2) is 0 Å². The van der Waals surface area contributed by atoms with E-state index in [9.17, 15) is 9.90 Å². The van der Waals surface area contributed by atoms with E-state index in [4.69, 9.17) is 0 Å². The van der Waals surface area contributed by atoms with Gasteiger partial charge in [-0.1, -0.05) is 121 Å². The second-order valence-electron chi connectivity index (χ2n) is 8.64. The number of hydrogen-bond donors (Lipinski definition) is 1. The predicted molar refractivity (Wildman–Crippen MR) is 141 cm³/mol. The standard InChI is InChI=1S/C29H26O2P2/c1-28(27(30)31)22-29(28,32(23-14-6-2-7-15-23)24-16-8-3-9-17-24)33(25-18-10-4-11-19-25)26-20-12-5-13-21-26/h2-21H,22H2,1H3,(H,30,31). The van der Waals surface area contributed by atoms with Crippen molar-refractivity contribution >= 4 is 43.0 Å². The summed E-state index contributed by atoms with van der Waals surface area (Å²) in [6.07, 6.45) is 0.667. The lowest BCUT2D eigenvalue weighted by Crippen LogP contribution is -2.35. The molecular weight excluding hydrogens is 442 g/mol. The molecule has 1 atom stereocenters. The summed E-state index contributed by atoms with van der Waals surface area (Å²) in [5.41, 5.74) is -0.804. The molecule has 4 heteroatoms. The van der Waals surface area contributed by atoms with Crippen molar-refractivity contribution in [2.75, 3.05) is 0 Å². The van der Waals surface area contributed by atoms with E-state index < -0.39 is 32.1 Å². The smallest absolute Gasteiger partial charge is 0.310 e. The first-order chi connectivity index (χ1) is 16.1. The van der Waals surface area contributed by atoms with Gasteiger partial charge in [-0.2, -0.15) is 0 Å². The van der Waals surface area contributed by atoms with Crippen LogP contribution in [0.2, 0.25) is 0 Å². The molecule has 0 bridgehead atoms. The predicted octanol–water partition coefficient (Wildman–Crippen LogP) is 5.44. The third-order valence-corrected chi connectivity index (χ3v) is 13.9. The van der Waals surface area contributed by atoms with Crippen LogP contribution in [0.3, 0.4) is 0 Å². The zero-order valence-corrected chi connectivity index (χ0v) is 20.3. The lowest BCUT2D eigenvalue weighted by molar-refractivity contribution is -0.142. The van der Waals surface area contributed by atoms with Crippen molar-refractivity contribution in [1.29, 1.82) is 0 Å². The van der Waals surface area contributed by atoms with Gasteiger partial charge in [-0.05, 0) is 50.4 Å². The Hall–Kier alpha value is -2.79. The minimum Gasteiger partial charge on any atom is -0.481 e. The second kappa shape index (κ2) is 8.86. The summed E-state index contributed by atoms with van der Waals surface area (Å²) in [5.74, 6) is -0.693. The fourth-order valence-corrected chi connectivity index (χ4v) is 13.4. The maximum atomic E-state index is 12.9. The molecule has 1 aliphatic rings. The Bertz CT molecular complexity index is 1070. The van der Waals surface area contributed by atoms with Crippen LogP contribution in [0.5, 0.6) is 0 Å². The van der Waals surface area contributed by atoms with E-state index in [0.29, 0.717) is 6.42 Å². The summed E-state index contributed by atoms with van der Waals surface area (Å²) in [5, 5.41) is 15.5. The van der Waals surface area contributed by atoms with Crippen LogP contribution >= 0.6 is 15.8 Å². The first kappa shape index (κ1) is 22.0. The first-order valence-corrected chi connectivity index (χ1v) is 13.8. The summed E-state index contributed by atoms with van der Waals surface area (Å²) in [6, 6.07) is 42.3. The van der Waals surface area contributed by atoms with Crippen molar-refractivity contribution in [2.24, 2.45) is 5.41 Å². The highest BCUT2D eigenvalue weighted by Gasteiger charge is 2.76. The fraction of sp³-hybridized carbons (Fsp3) is 0.138. The Morgan fingerprint density at radius 2 is 0.879 bits per heavy atom. The van der Waals surface area contributed by atoms with Gasteiger partial charge in [0.1, 0.15) is 0 Å². The molecular formula is C29H26O2P2. The van der Waals surface area contributed by atoms with Gasteiger partial charge >= 0.3 is 5.97 Å². The average Bonchev–Trinajstić information content (AvgIpc) is 3.48. The van der Waals surface area contributed by atoms with E-state index in [-0.39, 0.29) is 0 Å². The number of benzene rings is 4. The van der Waals surface area contributed by atoms with E-state index in [0.717, 1.165) is 0 Å². The van der Waals surface area contributed by atoms with Crippen LogP contribution in [-0.2, 0) is 4.79 Å². The zero-order chi connectivity index (χ0) is 22.9. The number of hydrogen-bond acceptors (Lipinski definition) is 1. The zero-order valence-electron chi connectivity index (χ0n) is 18.5. The molecule has 1 N–H and O–H groups in total. The van der Waals surface area contributed by atoms with Gasteiger partial charge in [0.05, 0.1) is 5.41 Å². The van der Waals surface area contributed by atoms with Crippen LogP contribution in [0.4, 0.5) is 0 Å². The molecule has 1 fully saturated rings. The van der Waals surface area contributed by atoms with Crippen LogP contribution in [-0.4, -0.2) is 16.0 Å². The number of carbonyl (C=O) groups is 1. The molecule has 33 heavy (non-hydrogen) atoms. The molecule has 0 heterocycles.